The van der Waals surface area contributed by atoms with E-state index in [0.29, 0.717) is 41.2 Å². The molecular formula is C22H24O5. The van der Waals surface area contributed by atoms with Crippen molar-refractivity contribution < 1.29 is 24.5 Å². The van der Waals surface area contributed by atoms with Crippen molar-refractivity contribution >= 4 is 11.7 Å². The van der Waals surface area contributed by atoms with Crippen molar-refractivity contribution in [3.05, 3.63) is 28.8 Å². The molecular weight excluding hydrogens is 344 g/mol. The largest absolute Gasteiger partial charge is 0.508 e. The van der Waals surface area contributed by atoms with Crippen LogP contribution in [0.4, 0.5) is 0 Å². The summed E-state index contributed by atoms with van der Waals surface area (Å²) < 4.78 is 12.3. The highest BCUT2D eigenvalue weighted by molar-refractivity contribution is 5.94. The molecule has 5 heteroatoms. The van der Waals surface area contributed by atoms with E-state index in [1.807, 2.05) is 0 Å². The van der Waals surface area contributed by atoms with Crippen LogP contribution >= 0.6 is 0 Å². The average molecular weight is 368 g/mol. The number of hydrogen-bond donors (Lipinski definition) is 2. The molecule has 7 rings (SSSR count). The fourth-order valence-corrected chi connectivity index (χ4v) is 6.88. The molecule has 3 aliphatic carbocycles. The number of phenols is 2. The minimum absolute atomic E-state index is 0.0446. The Labute approximate surface area is 158 Å². The summed E-state index contributed by atoms with van der Waals surface area (Å²) in [6, 6.07) is 3.00. The van der Waals surface area contributed by atoms with Crippen molar-refractivity contribution in [2.24, 2.45) is 29.1 Å². The second kappa shape index (κ2) is 5.07. The van der Waals surface area contributed by atoms with E-state index in [1.165, 1.54) is 12.1 Å². The zero-order chi connectivity index (χ0) is 18.5. The van der Waals surface area contributed by atoms with E-state index < -0.39 is 0 Å². The minimum Gasteiger partial charge on any atom is -0.508 e. The second-order valence-electron chi connectivity index (χ2n) is 9.15. The van der Waals surface area contributed by atoms with Gasteiger partial charge >= 0.3 is 5.97 Å². The Morgan fingerprint density at radius 1 is 1.15 bits per heavy atom. The summed E-state index contributed by atoms with van der Waals surface area (Å²) in [5.41, 5.74) is 1.84. The Kier molecular flexibility index (Phi) is 3.01. The molecule has 0 amide bonds. The Morgan fingerprint density at radius 3 is 2.81 bits per heavy atom. The first kappa shape index (κ1) is 16.0. The van der Waals surface area contributed by atoms with E-state index in [2.05, 4.69) is 6.92 Å². The first-order valence-electron chi connectivity index (χ1n) is 10.2. The van der Waals surface area contributed by atoms with Gasteiger partial charge in [0.2, 0.25) is 0 Å². The molecule has 2 saturated carbocycles. The molecule has 142 valence electrons. The number of carbonyl (C=O) groups is 1. The molecule has 0 aromatic heterocycles. The summed E-state index contributed by atoms with van der Waals surface area (Å²) in [5.74, 6) is 1.78. The Hall–Kier alpha value is -2.01. The molecule has 2 saturated heterocycles. The zero-order valence-electron chi connectivity index (χ0n) is 15.4. The Balaban J connectivity index is 1.69. The van der Waals surface area contributed by atoms with E-state index >= 15 is 0 Å². The molecule has 3 aliphatic heterocycles. The van der Waals surface area contributed by atoms with Crippen molar-refractivity contribution in [3.63, 3.8) is 0 Å². The van der Waals surface area contributed by atoms with Crippen molar-refractivity contribution in [2.75, 3.05) is 6.61 Å². The van der Waals surface area contributed by atoms with Gasteiger partial charge in [-0.15, -0.1) is 0 Å². The summed E-state index contributed by atoms with van der Waals surface area (Å²) >= 11 is 0. The molecule has 6 atom stereocenters. The van der Waals surface area contributed by atoms with Gasteiger partial charge in [-0.05, 0) is 67.6 Å². The van der Waals surface area contributed by atoms with Gasteiger partial charge in [-0.3, -0.25) is 4.79 Å². The fraction of sp³-hybridized carbons (Fsp3) is 0.591. The lowest BCUT2D eigenvalue weighted by Crippen LogP contribution is -2.52. The van der Waals surface area contributed by atoms with Crippen molar-refractivity contribution in [1.82, 2.24) is 0 Å². The highest BCUT2D eigenvalue weighted by Crippen LogP contribution is 2.71. The Morgan fingerprint density at radius 2 is 1.96 bits per heavy atom. The van der Waals surface area contributed by atoms with Crippen LogP contribution in [-0.4, -0.2) is 22.8 Å². The smallest absolute Gasteiger partial charge is 0.318 e. The number of esters is 1. The normalized spacial score (nSPS) is 41.5. The molecule has 2 N–H and O–H groups in total. The van der Waals surface area contributed by atoms with Crippen LogP contribution in [-0.2, 0) is 14.3 Å². The predicted molar refractivity (Wildman–Crippen MR) is 96.6 cm³/mol. The van der Waals surface area contributed by atoms with Gasteiger partial charge < -0.3 is 19.7 Å². The molecule has 3 heterocycles. The van der Waals surface area contributed by atoms with Crippen LogP contribution < -0.4 is 0 Å². The van der Waals surface area contributed by atoms with Crippen LogP contribution in [0, 0.1) is 29.1 Å². The van der Waals surface area contributed by atoms with Gasteiger partial charge in [-0.2, -0.15) is 0 Å². The number of phenolic OH excluding ortho intramolecular Hbond substituents is 2. The summed E-state index contributed by atoms with van der Waals surface area (Å²) in [5, 5.41) is 21.4. The van der Waals surface area contributed by atoms with E-state index in [0.717, 1.165) is 37.7 Å². The molecule has 0 radical (unpaired) electrons. The molecule has 4 fully saturated rings. The highest BCUT2D eigenvalue weighted by Gasteiger charge is 2.64. The van der Waals surface area contributed by atoms with Crippen LogP contribution in [0.5, 0.6) is 11.5 Å². The molecule has 1 aromatic rings. The number of rotatable bonds is 0. The van der Waals surface area contributed by atoms with E-state index in [9.17, 15) is 15.0 Å². The Bertz CT molecular complexity index is 902. The summed E-state index contributed by atoms with van der Waals surface area (Å²) in [6.07, 6.45) is 4.70. The molecule has 5 nitrogen and oxygen atoms in total. The van der Waals surface area contributed by atoms with Crippen LogP contribution in [0.1, 0.15) is 56.3 Å². The van der Waals surface area contributed by atoms with Crippen molar-refractivity contribution in [3.8, 4) is 11.5 Å². The summed E-state index contributed by atoms with van der Waals surface area (Å²) in [6.45, 7) is 2.90. The molecule has 6 unspecified atom stereocenters. The molecule has 27 heavy (non-hydrogen) atoms. The number of ether oxygens (including phenoxy) is 2. The SMILES string of the molecule is CC1COC2c3c(O)ccc(O)c3C3=C4C(CCC5CC1CCC452)C(=O)O3. The molecule has 1 spiro atoms. The average Bonchev–Trinajstić information content (AvgIpc) is 2.99. The quantitative estimate of drug-likeness (QED) is 0.537. The second-order valence-corrected chi connectivity index (χ2v) is 9.15. The third kappa shape index (κ3) is 1.77. The van der Waals surface area contributed by atoms with Crippen LogP contribution in [0.25, 0.3) is 5.76 Å². The summed E-state index contributed by atoms with van der Waals surface area (Å²) in [4.78, 5) is 12.7. The topological polar surface area (TPSA) is 76.0 Å². The van der Waals surface area contributed by atoms with Crippen LogP contribution in [0.2, 0.25) is 0 Å². The third-order valence-electron chi connectivity index (χ3n) is 8.12. The van der Waals surface area contributed by atoms with Crippen molar-refractivity contribution in [1.29, 1.82) is 0 Å². The van der Waals surface area contributed by atoms with Gasteiger partial charge in [0.05, 0.1) is 24.2 Å². The standard InChI is InChI=1S/C22H24O5/c1-10-9-26-20-17-15(24)5-4-14(23)16(17)19-18-13(21(25)27-19)3-2-12-8-11(10)6-7-22(12,18)20/h4-5,10-13,20,23-24H,2-3,6-9H2,1H3. The molecule has 6 aliphatic rings. The molecule has 1 aromatic carbocycles. The first-order valence-corrected chi connectivity index (χ1v) is 10.2. The van der Waals surface area contributed by atoms with E-state index in [-0.39, 0.29) is 34.9 Å². The number of benzene rings is 1. The lowest BCUT2D eigenvalue weighted by molar-refractivity contribution is -0.148. The summed E-state index contributed by atoms with van der Waals surface area (Å²) in [7, 11) is 0. The van der Waals surface area contributed by atoms with Gasteiger partial charge in [0.1, 0.15) is 17.3 Å². The van der Waals surface area contributed by atoms with Gasteiger partial charge in [0, 0.05) is 11.0 Å². The minimum atomic E-state index is -0.329. The van der Waals surface area contributed by atoms with Gasteiger partial charge in [0.25, 0.3) is 0 Å². The predicted octanol–water partition coefficient (Wildman–Crippen LogP) is 3.90. The maximum atomic E-state index is 12.7. The monoisotopic (exact) mass is 368 g/mol. The first-order chi connectivity index (χ1) is 13.0. The maximum absolute atomic E-state index is 12.7. The number of fused-ring (bicyclic) bond motifs is 5. The highest BCUT2D eigenvalue weighted by atomic mass is 16.5. The fourth-order valence-electron chi connectivity index (χ4n) is 6.88. The van der Waals surface area contributed by atoms with Crippen LogP contribution in [0.15, 0.2) is 17.7 Å². The van der Waals surface area contributed by atoms with Gasteiger partial charge in [-0.25, -0.2) is 0 Å². The van der Waals surface area contributed by atoms with Gasteiger partial charge in [-0.1, -0.05) is 6.92 Å². The van der Waals surface area contributed by atoms with E-state index in [1.54, 1.807) is 0 Å². The molecule has 2 bridgehead atoms. The van der Waals surface area contributed by atoms with E-state index in [4.69, 9.17) is 9.47 Å². The lowest BCUT2D eigenvalue weighted by atomic mass is 9.47. The zero-order valence-corrected chi connectivity index (χ0v) is 15.4. The number of hydrogen-bond acceptors (Lipinski definition) is 5. The van der Waals surface area contributed by atoms with Crippen molar-refractivity contribution in [2.45, 2.75) is 45.1 Å². The van der Waals surface area contributed by atoms with Crippen LogP contribution in [0.3, 0.4) is 0 Å². The lowest BCUT2D eigenvalue weighted by Gasteiger charge is -2.59. The third-order valence-corrected chi connectivity index (χ3v) is 8.12. The maximum Gasteiger partial charge on any atom is 0.318 e. The number of carbonyl (C=O) groups excluding carboxylic acids is 1. The van der Waals surface area contributed by atoms with Gasteiger partial charge in [0.15, 0.2) is 0 Å². The number of aromatic hydroxyl groups is 2.